The number of sulfonamides is 1. The van der Waals surface area contributed by atoms with Gasteiger partial charge >= 0.3 is 0 Å². The predicted octanol–water partition coefficient (Wildman–Crippen LogP) is 3.77. The average Bonchev–Trinajstić information content (AvgIpc) is 3.24. The number of nitrogens with zero attached hydrogens (tertiary/aromatic N) is 3. The summed E-state index contributed by atoms with van der Waals surface area (Å²) in [4.78, 5) is 13.1. The molecule has 0 saturated carbocycles. The standard InChI is InChI=1S/C25H30N4O3S/c1-3-28(4-2)33(31,32)21-15-13-20(14-16-21)25(30)27-23-11-8-12-24-22(23)17-26-29(24)18-19-9-6-5-7-10-19/h5-7,9-10,13-17,23H,3-4,8,11-12,18H2,1-2H3,(H,27,30). The molecule has 1 aliphatic carbocycles. The number of hydrogen-bond donors (Lipinski definition) is 1. The van der Waals surface area contributed by atoms with Crippen LogP contribution >= 0.6 is 0 Å². The Morgan fingerprint density at radius 3 is 2.45 bits per heavy atom. The largest absolute Gasteiger partial charge is 0.345 e. The Bertz CT molecular complexity index is 1200. The van der Waals surface area contributed by atoms with E-state index in [1.807, 2.05) is 42.9 Å². The van der Waals surface area contributed by atoms with Crippen LogP contribution in [0.15, 0.2) is 65.7 Å². The lowest BCUT2D eigenvalue weighted by molar-refractivity contribution is 0.0932. The van der Waals surface area contributed by atoms with E-state index >= 15 is 0 Å². The lowest BCUT2D eigenvalue weighted by Crippen LogP contribution is -2.32. The Labute approximate surface area is 195 Å². The Hall–Kier alpha value is -2.97. The third-order valence-corrected chi connectivity index (χ3v) is 8.27. The van der Waals surface area contributed by atoms with Crippen molar-refractivity contribution < 1.29 is 13.2 Å². The first kappa shape index (κ1) is 23.2. The molecule has 1 amide bonds. The summed E-state index contributed by atoms with van der Waals surface area (Å²) in [6, 6.07) is 16.3. The Balaban J connectivity index is 1.48. The van der Waals surface area contributed by atoms with Gasteiger partial charge in [-0.3, -0.25) is 9.48 Å². The van der Waals surface area contributed by atoms with Crippen LogP contribution in [0.3, 0.4) is 0 Å². The summed E-state index contributed by atoms with van der Waals surface area (Å²) in [6.07, 6.45) is 4.62. The maximum atomic E-state index is 12.9. The van der Waals surface area contributed by atoms with Gasteiger partial charge < -0.3 is 5.32 Å². The van der Waals surface area contributed by atoms with Crippen molar-refractivity contribution in [1.29, 1.82) is 0 Å². The first-order valence-electron chi connectivity index (χ1n) is 11.4. The number of rotatable bonds is 8. The number of fused-ring (bicyclic) bond motifs is 1. The number of aromatic nitrogens is 2. The molecule has 1 unspecified atom stereocenters. The lowest BCUT2D eigenvalue weighted by atomic mass is 9.92. The van der Waals surface area contributed by atoms with E-state index in [2.05, 4.69) is 22.5 Å². The smallest absolute Gasteiger partial charge is 0.251 e. The van der Waals surface area contributed by atoms with Crippen LogP contribution in [0.4, 0.5) is 0 Å². The molecule has 0 fully saturated rings. The van der Waals surface area contributed by atoms with Gasteiger partial charge in [0.15, 0.2) is 0 Å². The number of carbonyl (C=O) groups is 1. The fraction of sp³-hybridized carbons (Fsp3) is 0.360. The molecule has 0 bridgehead atoms. The molecule has 0 aliphatic heterocycles. The molecule has 174 valence electrons. The van der Waals surface area contributed by atoms with Gasteiger partial charge in [-0.15, -0.1) is 0 Å². The van der Waals surface area contributed by atoms with Crippen LogP contribution in [0.5, 0.6) is 0 Å². The van der Waals surface area contributed by atoms with Crippen molar-refractivity contribution in [3.05, 3.63) is 83.2 Å². The number of hydrogen-bond acceptors (Lipinski definition) is 4. The Morgan fingerprint density at radius 1 is 1.09 bits per heavy atom. The number of carbonyl (C=O) groups excluding carboxylic acids is 1. The molecule has 1 N–H and O–H groups in total. The van der Waals surface area contributed by atoms with Crippen molar-refractivity contribution in [2.24, 2.45) is 0 Å². The van der Waals surface area contributed by atoms with Crippen molar-refractivity contribution in [1.82, 2.24) is 19.4 Å². The minimum absolute atomic E-state index is 0.107. The van der Waals surface area contributed by atoms with Crippen LogP contribution in [-0.4, -0.2) is 41.5 Å². The van der Waals surface area contributed by atoms with Gasteiger partial charge in [0.2, 0.25) is 10.0 Å². The molecular weight excluding hydrogens is 436 g/mol. The van der Waals surface area contributed by atoms with Gasteiger partial charge in [-0.2, -0.15) is 9.40 Å². The van der Waals surface area contributed by atoms with Crippen molar-refractivity contribution in [3.8, 4) is 0 Å². The molecule has 1 aliphatic rings. The summed E-state index contributed by atoms with van der Waals surface area (Å²) < 4.78 is 28.8. The van der Waals surface area contributed by atoms with Crippen molar-refractivity contribution in [2.45, 2.75) is 50.6 Å². The molecule has 1 aromatic heterocycles. The quantitative estimate of drug-likeness (QED) is 0.548. The zero-order valence-corrected chi connectivity index (χ0v) is 19.9. The topological polar surface area (TPSA) is 84.3 Å². The van der Waals surface area contributed by atoms with Gasteiger partial charge in [0.25, 0.3) is 5.91 Å². The highest BCUT2D eigenvalue weighted by atomic mass is 32.2. The van der Waals surface area contributed by atoms with E-state index in [9.17, 15) is 13.2 Å². The monoisotopic (exact) mass is 466 g/mol. The molecule has 0 saturated heterocycles. The molecule has 4 rings (SSSR count). The number of benzene rings is 2. The van der Waals surface area contributed by atoms with Crippen LogP contribution in [-0.2, 0) is 23.0 Å². The zero-order chi connectivity index (χ0) is 23.4. The van der Waals surface area contributed by atoms with E-state index in [0.717, 1.165) is 30.5 Å². The fourth-order valence-electron chi connectivity index (χ4n) is 4.39. The highest BCUT2D eigenvalue weighted by Crippen LogP contribution is 2.30. The van der Waals surface area contributed by atoms with Gasteiger partial charge in [0.1, 0.15) is 0 Å². The van der Waals surface area contributed by atoms with Gasteiger partial charge in [0, 0.05) is 29.9 Å². The van der Waals surface area contributed by atoms with E-state index in [1.165, 1.54) is 22.0 Å². The van der Waals surface area contributed by atoms with Crippen LogP contribution in [0.25, 0.3) is 0 Å². The average molecular weight is 467 g/mol. The highest BCUT2D eigenvalue weighted by molar-refractivity contribution is 7.89. The molecule has 0 radical (unpaired) electrons. The molecule has 7 nitrogen and oxygen atoms in total. The third-order valence-electron chi connectivity index (χ3n) is 6.20. The second-order valence-electron chi connectivity index (χ2n) is 8.22. The zero-order valence-electron chi connectivity index (χ0n) is 19.1. The van der Waals surface area contributed by atoms with E-state index in [4.69, 9.17) is 0 Å². The van der Waals surface area contributed by atoms with Crippen LogP contribution in [0.1, 0.15) is 59.9 Å². The number of nitrogens with one attached hydrogen (secondary N) is 1. The van der Waals surface area contributed by atoms with E-state index < -0.39 is 10.0 Å². The molecule has 3 aromatic rings. The fourth-order valence-corrected chi connectivity index (χ4v) is 5.85. The molecule has 0 spiro atoms. The van der Waals surface area contributed by atoms with Crippen molar-refractivity contribution >= 4 is 15.9 Å². The van der Waals surface area contributed by atoms with E-state index in [1.54, 1.807) is 12.1 Å². The molecule has 1 heterocycles. The van der Waals surface area contributed by atoms with Crippen LogP contribution in [0, 0.1) is 0 Å². The van der Waals surface area contributed by atoms with Crippen LogP contribution < -0.4 is 5.32 Å². The van der Waals surface area contributed by atoms with Crippen molar-refractivity contribution in [2.75, 3.05) is 13.1 Å². The normalized spacial score (nSPS) is 15.9. The van der Waals surface area contributed by atoms with Gasteiger partial charge in [0.05, 0.1) is 23.7 Å². The number of amides is 1. The lowest BCUT2D eigenvalue weighted by Gasteiger charge is -2.24. The first-order chi connectivity index (χ1) is 15.9. The maximum Gasteiger partial charge on any atom is 0.251 e. The summed E-state index contributed by atoms with van der Waals surface area (Å²) in [6.45, 7) is 5.14. The van der Waals surface area contributed by atoms with E-state index in [-0.39, 0.29) is 16.8 Å². The second-order valence-corrected chi connectivity index (χ2v) is 10.2. The van der Waals surface area contributed by atoms with Crippen LogP contribution in [0.2, 0.25) is 0 Å². The summed E-state index contributed by atoms with van der Waals surface area (Å²) in [5, 5.41) is 7.71. The molecule has 8 heteroatoms. The molecular formula is C25H30N4O3S. The second kappa shape index (κ2) is 9.89. The van der Waals surface area contributed by atoms with Gasteiger partial charge in [-0.05, 0) is 49.1 Å². The summed E-state index contributed by atoms with van der Waals surface area (Å²) in [5.41, 5.74) is 3.86. The molecule has 33 heavy (non-hydrogen) atoms. The third kappa shape index (κ3) is 4.86. The van der Waals surface area contributed by atoms with Crippen molar-refractivity contribution in [3.63, 3.8) is 0 Å². The molecule has 2 aromatic carbocycles. The summed E-state index contributed by atoms with van der Waals surface area (Å²) >= 11 is 0. The first-order valence-corrected chi connectivity index (χ1v) is 12.9. The SMILES string of the molecule is CCN(CC)S(=O)(=O)c1ccc(C(=O)NC2CCCc3c2cnn3Cc2ccccc2)cc1. The maximum absolute atomic E-state index is 12.9. The summed E-state index contributed by atoms with van der Waals surface area (Å²) in [5.74, 6) is -0.213. The Morgan fingerprint density at radius 2 is 1.79 bits per heavy atom. The Kier molecular flexibility index (Phi) is 6.95. The van der Waals surface area contributed by atoms with Gasteiger partial charge in [-0.1, -0.05) is 44.2 Å². The minimum Gasteiger partial charge on any atom is -0.345 e. The predicted molar refractivity (Wildman–Crippen MR) is 127 cm³/mol. The molecule has 1 atom stereocenters. The summed E-state index contributed by atoms with van der Waals surface area (Å²) in [7, 11) is -3.54. The van der Waals surface area contributed by atoms with Gasteiger partial charge in [-0.25, -0.2) is 8.42 Å². The minimum atomic E-state index is -3.54. The van der Waals surface area contributed by atoms with E-state index in [0.29, 0.717) is 25.2 Å². The highest BCUT2D eigenvalue weighted by Gasteiger charge is 2.26.